The molecule has 2 heterocycles. The summed E-state index contributed by atoms with van der Waals surface area (Å²) in [4.78, 5) is 33.5. The summed E-state index contributed by atoms with van der Waals surface area (Å²) in [5.41, 5.74) is 4.91. The summed E-state index contributed by atoms with van der Waals surface area (Å²) in [6.07, 6.45) is -0.0460. The number of aromatic amines is 1. The fourth-order valence-electron chi connectivity index (χ4n) is 3.20. The zero-order valence-corrected chi connectivity index (χ0v) is 17.2. The number of hydrazone groups is 1. The molecular formula is C22H20N4O2S. The summed E-state index contributed by atoms with van der Waals surface area (Å²) < 4.78 is 0. The van der Waals surface area contributed by atoms with Crippen molar-refractivity contribution in [1.82, 2.24) is 15.4 Å². The summed E-state index contributed by atoms with van der Waals surface area (Å²) in [7, 11) is 0. The van der Waals surface area contributed by atoms with E-state index in [1.807, 2.05) is 57.2 Å². The van der Waals surface area contributed by atoms with Crippen molar-refractivity contribution >= 4 is 43.9 Å². The molecule has 6 nitrogen and oxygen atoms in total. The molecule has 2 aromatic heterocycles. The molecule has 2 aromatic carbocycles. The minimum Gasteiger partial charge on any atom is -0.309 e. The lowest BCUT2D eigenvalue weighted by Gasteiger charge is -2.05. The second kappa shape index (κ2) is 7.60. The van der Waals surface area contributed by atoms with Gasteiger partial charge in [-0.1, -0.05) is 36.4 Å². The smallest absolute Gasteiger partial charge is 0.259 e. The van der Waals surface area contributed by atoms with E-state index < -0.39 is 0 Å². The standard InChI is InChI=1S/C22H20N4O2S/c1-12-14(3)29-22-20(12)21(28)23-18(24-22)11-19(27)26-25-13(2)16-9-8-15-6-4-5-7-17(15)10-16/h4-10H,11H2,1-3H3,(H,26,27)(H,23,24,28)/b25-13+. The molecule has 0 spiro atoms. The highest BCUT2D eigenvalue weighted by Gasteiger charge is 2.13. The number of rotatable bonds is 4. The second-order valence-electron chi connectivity index (χ2n) is 6.95. The van der Waals surface area contributed by atoms with Gasteiger partial charge in [0, 0.05) is 4.88 Å². The lowest BCUT2D eigenvalue weighted by Crippen LogP contribution is -2.24. The number of hydrogen-bond acceptors (Lipinski definition) is 5. The van der Waals surface area contributed by atoms with E-state index >= 15 is 0 Å². The first-order valence-electron chi connectivity index (χ1n) is 9.23. The molecule has 7 heteroatoms. The average molecular weight is 404 g/mol. The minimum absolute atomic E-state index is 0.0460. The number of aromatic nitrogens is 2. The van der Waals surface area contributed by atoms with Gasteiger partial charge in [0.1, 0.15) is 10.7 Å². The van der Waals surface area contributed by atoms with Crippen LogP contribution in [0.15, 0.2) is 52.4 Å². The van der Waals surface area contributed by atoms with E-state index in [0.717, 1.165) is 26.8 Å². The van der Waals surface area contributed by atoms with Crippen molar-refractivity contribution in [2.75, 3.05) is 0 Å². The van der Waals surface area contributed by atoms with Crippen LogP contribution in [-0.4, -0.2) is 21.6 Å². The topological polar surface area (TPSA) is 87.2 Å². The van der Waals surface area contributed by atoms with E-state index in [0.29, 0.717) is 21.8 Å². The Balaban J connectivity index is 1.50. The molecule has 146 valence electrons. The Hall–Kier alpha value is -3.32. The van der Waals surface area contributed by atoms with Gasteiger partial charge in [0.2, 0.25) is 5.91 Å². The predicted molar refractivity (Wildman–Crippen MR) is 118 cm³/mol. The van der Waals surface area contributed by atoms with Gasteiger partial charge in [0.25, 0.3) is 5.56 Å². The van der Waals surface area contributed by atoms with Gasteiger partial charge in [0.15, 0.2) is 0 Å². The van der Waals surface area contributed by atoms with Crippen molar-refractivity contribution in [2.24, 2.45) is 5.10 Å². The minimum atomic E-state index is -0.336. The Morgan fingerprint density at radius 2 is 1.93 bits per heavy atom. The highest BCUT2D eigenvalue weighted by molar-refractivity contribution is 7.18. The molecule has 0 radical (unpaired) electrons. The average Bonchev–Trinajstić information content (AvgIpc) is 2.99. The fraction of sp³-hybridized carbons (Fsp3) is 0.182. The van der Waals surface area contributed by atoms with Gasteiger partial charge < -0.3 is 4.98 Å². The van der Waals surface area contributed by atoms with Gasteiger partial charge in [-0.05, 0) is 48.7 Å². The summed E-state index contributed by atoms with van der Waals surface area (Å²) in [6.45, 7) is 5.70. The SMILES string of the molecule is C/C(=N\NC(=O)Cc1nc2sc(C)c(C)c2c(=O)[nH]1)c1ccc2ccccc2c1. The molecule has 4 rings (SSSR count). The van der Waals surface area contributed by atoms with Crippen LogP contribution in [0.5, 0.6) is 0 Å². The summed E-state index contributed by atoms with van der Waals surface area (Å²) in [6, 6.07) is 14.1. The maximum Gasteiger partial charge on any atom is 0.259 e. The third kappa shape index (κ3) is 3.82. The predicted octanol–water partition coefficient (Wildman–Crippen LogP) is 3.84. The molecule has 4 aromatic rings. The maximum atomic E-state index is 12.3. The number of carbonyl (C=O) groups excluding carboxylic acids is 1. The Labute approximate surface area is 171 Å². The van der Waals surface area contributed by atoms with Gasteiger partial charge in [-0.25, -0.2) is 10.4 Å². The van der Waals surface area contributed by atoms with E-state index in [1.54, 1.807) is 0 Å². The van der Waals surface area contributed by atoms with Crippen LogP contribution in [0.1, 0.15) is 28.8 Å². The molecule has 0 unspecified atom stereocenters. The van der Waals surface area contributed by atoms with E-state index in [2.05, 4.69) is 26.6 Å². The number of amides is 1. The van der Waals surface area contributed by atoms with E-state index in [-0.39, 0.29) is 17.9 Å². The molecule has 0 atom stereocenters. The van der Waals surface area contributed by atoms with Crippen LogP contribution in [-0.2, 0) is 11.2 Å². The first kappa shape index (κ1) is 19.0. The lowest BCUT2D eigenvalue weighted by atomic mass is 10.0. The number of thiophene rings is 1. The van der Waals surface area contributed by atoms with Crippen molar-refractivity contribution in [3.8, 4) is 0 Å². The van der Waals surface area contributed by atoms with Gasteiger partial charge in [-0.3, -0.25) is 9.59 Å². The third-order valence-electron chi connectivity index (χ3n) is 4.93. The van der Waals surface area contributed by atoms with Gasteiger partial charge in [-0.2, -0.15) is 5.10 Å². The lowest BCUT2D eigenvalue weighted by molar-refractivity contribution is -0.120. The summed E-state index contributed by atoms with van der Waals surface area (Å²) >= 11 is 1.46. The molecule has 0 aliphatic rings. The zero-order chi connectivity index (χ0) is 20.5. The van der Waals surface area contributed by atoms with E-state index in [9.17, 15) is 9.59 Å². The van der Waals surface area contributed by atoms with Crippen LogP contribution >= 0.6 is 11.3 Å². The highest BCUT2D eigenvalue weighted by Crippen LogP contribution is 2.25. The van der Waals surface area contributed by atoms with Crippen LogP contribution in [0.2, 0.25) is 0 Å². The second-order valence-corrected chi connectivity index (χ2v) is 8.15. The monoisotopic (exact) mass is 404 g/mol. The van der Waals surface area contributed by atoms with Gasteiger partial charge in [0.05, 0.1) is 17.5 Å². The van der Waals surface area contributed by atoms with E-state index in [1.165, 1.54) is 11.3 Å². The Kier molecular flexibility index (Phi) is 4.98. The molecular weight excluding hydrogens is 384 g/mol. The summed E-state index contributed by atoms with van der Waals surface area (Å²) in [5.74, 6) is -0.00236. The Bertz CT molecular complexity index is 1330. The molecule has 0 fully saturated rings. The molecule has 1 amide bonds. The van der Waals surface area contributed by atoms with E-state index in [4.69, 9.17) is 0 Å². The van der Waals surface area contributed by atoms with Crippen molar-refractivity contribution < 1.29 is 4.79 Å². The number of aryl methyl sites for hydroxylation is 2. The molecule has 2 N–H and O–H groups in total. The molecule has 0 bridgehead atoms. The van der Waals surface area contributed by atoms with Crippen molar-refractivity contribution in [2.45, 2.75) is 27.2 Å². The number of fused-ring (bicyclic) bond motifs is 2. The summed E-state index contributed by atoms with van der Waals surface area (Å²) in [5, 5.41) is 7.06. The first-order chi connectivity index (χ1) is 13.9. The molecule has 0 saturated carbocycles. The highest BCUT2D eigenvalue weighted by atomic mass is 32.1. The normalized spacial score (nSPS) is 11.9. The Morgan fingerprint density at radius 1 is 1.17 bits per heavy atom. The van der Waals surface area contributed by atoms with Crippen LogP contribution in [0.25, 0.3) is 21.0 Å². The number of hydrogen-bond donors (Lipinski definition) is 2. The number of nitrogens with zero attached hydrogens (tertiary/aromatic N) is 2. The maximum absolute atomic E-state index is 12.3. The molecule has 0 aliphatic carbocycles. The molecule has 0 aliphatic heterocycles. The number of H-pyrrole nitrogens is 1. The first-order valence-corrected chi connectivity index (χ1v) is 10.0. The number of nitrogens with one attached hydrogen (secondary N) is 2. The van der Waals surface area contributed by atoms with Gasteiger partial charge >= 0.3 is 0 Å². The molecule has 0 saturated heterocycles. The Morgan fingerprint density at radius 3 is 2.72 bits per heavy atom. The number of carbonyl (C=O) groups is 1. The molecule has 29 heavy (non-hydrogen) atoms. The third-order valence-corrected chi connectivity index (χ3v) is 6.03. The van der Waals surface area contributed by atoms with Crippen LogP contribution in [0.3, 0.4) is 0 Å². The largest absolute Gasteiger partial charge is 0.309 e. The van der Waals surface area contributed by atoms with Crippen molar-refractivity contribution in [1.29, 1.82) is 0 Å². The van der Waals surface area contributed by atoms with Gasteiger partial charge in [-0.15, -0.1) is 11.3 Å². The fourth-order valence-corrected chi connectivity index (χ4v) is 4.25. The quantitative estimate of drug-likeness (QED) is 0.400. The van der Waals surface area contributed by atoms with Crippen LogP contribution in [0.4, 0.5) is 0 Å². The van der Waals surface area contributed by atoms with Crippen LogP contribution in [0, 0.1) is 13.8 Å². The van der Waals surface area contributed by atoms with Crippen LogP contribution < -0.4 is 11.0 Å². The zero-order valence-electron chi connectivity index (χ0n) is 16.4. The van der Waals surface area contributed by atoms with Crippen molar-refractivity contribution in [3.05, 3.63) is 74.6 Å². The van der Waals surface area contributed by atoms with Crippen molar-refractivity contribution in [3.63, 3.8) is 0 Å². The number of benzene rings is 2.